The summed E-state index contributed by atoms with van der Waals surface area (Å²) in [6.45, 7) is 0.735. The van der Waals surface area contributed by atoms with Crippen LogP contribution in [0.25, 0.3) is 10.6 Å². The number of hydrogen-bond donors (Lipinski definition) is 0. The first-order valence-corrected chi connectivity index (χ1v) is 14.8. The number of pyridine rings is 1. The molecule has 2 aromatic heterocycles. The molecule has 4 aromatic rings. The largest absolute Gasteiger partial charge is 0.350 e. The average molecular weight is 579 g/mol. The van der Waals surface area contributed by atoms with E-state index in [0.717, 1.165) is 22.6 Å². The van der Waals surface area contributed by atoms with Gasteiger partial charge in [0, 0.05) is 19.3 Å². The fraction of sp³-hybridized carbons (Fsp3) is 0.125. The van der Waals surface area contributed by atoms with Crippen molar-refractivity contribution in [3.8, 4) is 0 Å². The number of carbonyl (C=O) groups is 1. The van der Waals surface area contributed by atoms with Gasteiger partial charge in [-0.2, -0.15) is 0 Å². The Hall–Kier alpha value is -4.47. The fourth-order valence-electron chi connectivity index (χ4n) is 4.66. The van der Waals surface area contributed by atoms with Crippen LogP contribution in [0.5, 0.6) is 0 Å². The molecule has 0 atom stereocenters. The second-order valence-electron chi connectivity index (χ2n) is 9.68. The van der Waals surface area contributed by atoms with Gasteiger partial charge in [-0.05, 0) is 46.1 Å². The maximum absolute atomic E-state index is 14.2. The van der Waals surface area contributed by atoms with Crippen molar-refractivity contribution in [2.24, 2.45) is 12.0 Å². The third kappa shape index (κ3) is 5.46. The minimum absolute atomic E-state index is 0.119. The van der Waals surface area contributed by atoms with Gasteiger partial charge in [-0.25, -0.2) is 4.57 Å². The standard InChI is InChI=1S/C32H28N5O2S2/c1-34-19-11-9-17-25(34)27-29(38)36(21-23-13-5-3-6-14-23)31(40-27)28-30(39)37(22-24-15-7-4-8-16-24)32(41-28)33-26-18-10-12-20-35(26)2/h3-20H,21-22H2,1-2H3/q+1. The molecule has 0 aliphatic carbocycles. The Kier molecular flexibility index (Phi) is 7.54. The van der Waals surface area contributed by atoms with Crippen molar-refractivity contribution in [2.45, 2.75) is 13.1 Å². The molecule has 2 aromatic carbocycles. The molecule has 0 spiro atoms. The Labute approximate surface area is 246 Å². The maximum Gasteiger partial charge on any atom is 0.326 e. The van der Waals surface area contributed by atoms with Gasteiger partial charge in [0.2, 0.25) is 0 Å². The lowest BCUT2D eigenvalue weighted by atomic mass is 10.2. The summed E-state index contributed by atoms with van der Waals surface area (Å²) >= 11 is 2.68. The van der Waals surface area contributed by atoms with Gasteiger partial charge < -0.3 is 4.90 Å². The third-order valence-electron chi connectivity index (χ3n) is 6.83. The number of aromatic nitrogens is 2. The summed E-state index contributed by atoms with van der Waals surface area (Å²) in [7, 11) is 3.85. The third-order valence-corrected chi connectivity index (χ3v) is 9.23. The predicted molar refractivity (Wildman–Crippen MR) is 166 cm³/mol. The van der Waals surface area contributed by atoms with Gasteiger partial charge in [0.25, 0.3) is 16.6 Å². The Morgan fingerprint density at radius 2 is 1.54 bits per heavy atom. The highest BCUT2D eigenvalue weighted by molar-refractivity contribution is 8.23. The molecule has 2 aliphatic rings. The predicted octanol–water partition coefficient (Wildman–Crippen LogP) is 3.48. The number of aliphatic imine (C=N–C) groups is 1. The summed E-state index contributed by atoms with van der Waals surface area (Å²) in [4.78, 5) is 37.2. The molecule has 0 saturated carbocycles. The zero-order valence-electron chi connectivity index (χ0n) is 22.7. The SMILES string of the molecule is CN1C=CC=CC1=c1sc(=C2SC(=Nc3cccc[n+]3C)N(Cc3ccccc3)C2=O)n(Cc2ccccc2)c1=O. The van der Waals surface area contributed by atoms with Gasteiger partial charge in [0.05, 0.1) is 32.0 Å². The Morgan fingerprint density at radius 3 is 2.22 bits per heavy atom. The van der Waals surface area contributed by atoms with E-state index in [0.29, 0.717) is 32.4 Å². The van der Waals surface area contributed by atoms with Gasteiger partial charge >= 0.3 is 5.82 Å². The first-order valence-electron chi connectivity index (χ1n) is 13.2. The summed E-state index contributed by atoms with van der Waals surface area (Å²) in [6.07, 6.45) is 9.63. The number of nitrogens with zero attached hydrogens (tertiary/aromatic N) is 5. The number of rotatable bonds is 5. The summed E-state index contributed by atoms with van der Waals surface area (Å²) in [5, 5.41) is 0.578. The highest BCUT2D eigenvalue weighted by Gasteiger charge is 2.39. The van der Waals surface area contributed by atoms with Crippen molar-refractivity contribution < 1.29 is 9.36 Å². The van der Waals surface area contributed by atoms with Crippen LogP contribution in [0.2, 0.25) is 0 Å². The molecule has 1 saturated heterocycles. The molecule has 4 heterocycles. The quantitative estimate of drug-likeness (QED) is 0.341. The first kappa shape index (κ1) is 26.7. The number of likely N-dealkylation sites (N-methyl/N-ethyl adjacent to an activating group) is 1. The molecular formula is C32H28N5O2S2+. The van der Waals surface area contributed by atoms with Crippen molar-refractivity contribution >= 4 is 50.6 Å². The molecule has 6 rings (SSSR count). The molecule has 0 radical (unpaired) electrons. The minimum atomic E-state index is -0.164. The molecule has 41 heavy (non-hydrogen) atoms. The second kappa shape index (κ2) is 11.6. The summed E-state index contributed by atoms with van der Waals surface area (Å²) in [5.41, 5.74) is 2.67. The lowest BCUT2D eigenvalue weighted by Crippen LogP contribution is -2.35. The number of amidine groups is 1. The first-order chi connectivity index (χ1) is 20.0. The van der Waals surface area contributed by atoms with E-state index in [4.69, 9.17) is 4.99 Å². The highest BCUT2D eigenvalue weighted by atomic mass is 32.2. The zero-order chi connectivity index (χ0) is 28.3. The second-order valence-corrected chi connectivity index (χ2v) is 11.7. The number of thioether (sulfide) groups is 1. The van der Waals surface area contributed by atoms with Crippen LogP contribution in [0, 0.1) is 0 Å². The van der Waals surface area contributed by atoms with Crippen LogP contribution in [0.15, 0.2) is 119 Å². The number of aryl methyl sites for hydroxylation is 1. The average Bonchev–Trinajstić information content (AvgIpc) is 3.47. The van der Waals surface area contributed by atoms with E-state index in [9.17, 15) is 9.59 Å². The van der Waals surface area contributed by atoms with Crippen molar-refractivity contribution in [1.29, 1.82) is 0 Å². The number of hydrogen-bond acceptors (Lipinski definition) is 6. The summed E-state index contributed by atoms with van der Waals surface area (Å²) < 4.78 is 4.87. The smallest absolute Gasteiger partial charge is 0.326 e. The lowest BCUT2D eigenvalue weighted by molar-refractivity contribution is -0.658. The van der Waals surface area contributed by atoms with Crippen molar-refractivity contribution in [3.05, 3.63) is 140 Å². The molecule has 0 N–H and O–H groups in total. The van der Waals surface area contributed by atoms with Crippen LogP contribution in [-0.4, -0.2) is 32.5 Å². The van der Waals surface area contributed by atoms with Crippen LogP contribution >= 0.6 is 23.1 Å². The van der Waals surface area contributed by atoms with Crippen molar-refractivity contribution in [2.75, 3.05) is 7.05 Å². The molecule has 0 bridgehead atoms. The molecule has 204 valence electrons. The Balaban J connectivity index is 1.57. The highest BCUT2D eigenvalue weighted by Crippen LogP contribution is 2.34. The monoisotopic (exact) mass is 578 g/mol. The molecule has 7 nitrogen and oxygen atoms in total. The number of amides is 1. The number of thiazole rings is 1. The minimum Gasteiger partial charge on any atom is -0.350 e. The van der Waals surface area contributed by atoms with Crippen LogP contribution in [0.1, 0.15) is 11.1 Å². The van der Waals surface area contributed by atoms with E-state index >= 15 is 0 Å². The molecular weight excluding hydrogens is 551 g/mol. The van der Waals surface area contributed by atoms with E-state index in [-0.39, 0.29) is 11.5 Å². The normalized spacial score (nSPS) is 18.6. The summed E-state index contributed by atoms with van der Waals surface area (Å²) in [5.74, 6) is 0.565. The van der Waals surface area contributed by atoms with E-state index in [1.807, 2.05) is 133 Å². The molecule has 0 unspecified atom stereocenters. The number of benzene rings is 2. The summed E-state index contributed by atoms with van der Waals surface area (Å²) in [6, 6.07) is 25.5. The van der Waals surface area contributed by atoms with Gasteiger partial charge in [-0.1, -0.05) is 72.8 Å². The Morgan fingerprint density at radius 1 is 0.854 bits per heavy atom. The van der Waals surface area contributed by atoms with Gasteiger partial charge in [-0.3, -0.25) is 19.1 Å². The van der Waals surface area contributed by atoms with Gasteiger partial charge in [-0.15, -0.1) is 11.3 Å². The zero-order valence-corrected chi connectivity index (χ0v) is 24.3. The molecule has 1 fully saturated rings. The van der Waals surface area contributed by atoms with Crippen molar-refractivity contribution in [1.82, 2.24) is 14.4 Å². The van der Waals surface area contributed by atoms with Crippen LogP contribution < -0.4 is 19.3 Å². The molecule has 2 aliphatic heterocycles. The van der Waals surface area contributed by atoms with Crippen molar-refractivity contribution in [3.63, 3.8) is 0 Å². The fourth-order valence-corrected chi connectivity index (χ4v) is 7.03. The van der Waals surface area contributed by atoms with E-state index in [2.05, 4.69) is 0 Å². The van der Waals surface area contributed by atoms with Crippen LogP contribution in [-0.2, 0) is 24.9 Å². The van der Waals surface area contributed by atoms with E-state index < -0.39 is 0 Å². The topological polar surface area (TPSA) is 61.8 Å². The van der Waals surface area contributed by atoms with E-state index in [1.165, 1.54) is 23.1 Å². The van der Waals surface area contributed by atoms with Crippen LogP contribution in [0.3, 0.4) is 0 Å². The van der Waals surface area contributed by atoms with Crippen LogP contribution in [0.4, 0.5) is 5.82 Å². The maximum atomic E-state index is 14.2. The van der Waals surface area contributed by atoms with E-state index in [1.54, 1.807) is 9.47 Å². The lowest BCUT2D eigenvalue weighted by Gasteiger charge is -2.16. The van der Waals surface area contributed by atoms with Gasteiger partial charge in [0.1, 0.15) is 14.1 Å². The molecule has 9 heteroatoms. The molecule has 1 amide bonds. The number of carbonyl (C=O) groups excluding carboxylic acids is 1. The number of allylic oxidation sites excluding steroid dienone is 2. The Bertz CT molecular complexity index is 1890. The van der Waals surface area contributed by atoms with Gasteiger partial charge in [0.15, 0.2) is 0 Å².